The van der Waals surface area contributed by atoms with Gasteiger partial charge < -0.3 is 16.4 Å². The van der Waals surface area contributed by atoms with E-state index in [1.807, 2.05) is 49.4 Å². The third-order valence-electron chi connectivity index (χ3n) is 4.46. The van der Waals surface area contributed by atoms with Crippen LogP contribution < -0.4 is 16.4 Å². The molecule has 0 saturated heterocycles. The van der Waals surface area contributed by atoms with Crippen molar-refractivity contribution >= 4 is 28.6 Å². The van der Waals surface area contributed by atoms with Crippen LogP contribution in [-0.2, 0) is 0 Å². The molecule has 6 nitrogen and oxygen atoms in total. The topological polar surface area (TPSA) is 92.9 Å². The first-order valence-corrected chi connectivity index (χ1v) is 9.26. The van der Waals surface area contributed by atoms with Gasteiger partial charge in [0.1, 0.15) is 5.82 Å². The van der Waals surface area contributed by atoms with Crippen LogP contribution in [0.1, 0.15) is 48.7 Å². The average Bonchev–Trinajstić information content (AvgIpc) is 2.68. The van der Waals surface area contributed by atoms with E-state index in [4.69, 9.17) is 5.73 Å². The molecule has 3 rings (SSSR count). The summed E-state index contributed by atoms with van der Waals surface area (Å²) in [4.78, 5) is 21.6. The number of hydrogen-bond donors (Lipinski definition) is 3. The molecule has 27 heavy (non-hydrogen) atoms. The van der Waals surface area contributed by atoms with Crippen molar-refractivity contribution in [3.63, 3.8) is 0 Å². The molecule has 0 fully saturated rings. The Kier molecular flexibility index (Phi) is 5.86. The monoisotopic (exact) mass is 363 g/mol. The van der Waals surface area contributed by atoms with Gasteiger partial charge in [-0.2, -0.15) is 4.98 Å². The first-order valence-electron chi connectivity index (χ1n) is 9.26. The van der Waals surface area contributed by atoms with Crippen LogP contribution in [0.4, 0.5) is 11.8 Å². The lowest BCUT2D eigenvalue weighted by Gasteiger charge is -2.16. The lowest BCUT2D eigenvalue weighted by atomic mass is 10.1. The lowest BCUT2D eigenvalue weighted by Crippen LogP contribution is -2.27. The normalized spacial score (nSPS) is 11.9. The molecule has 1 unspecified atom stereocenters. The molecule has 0 bridgehead atoms. The molecule has 0 radical (unpaired) electrons. The van der Waals surface area contributed by atoms with E-state index in [0.717, 1.165) is 24.9 Å². The molecule has 2 aromatic carbocycles. The Bertz CT molecular complexity index is 927. The number of nitrogen functional groups attached to an aromatic ring is 1. The summed E-state index contributed by atoms with van der Waals surface area (Å²) in [7, 11) is 0. The van der Waals surface area contributed by atoms with Gasteiger partial charge in [-0.05, 0) is 31.0 Å². The van der Waals surface area contributed by atoms with Crippen LogP contribution in [-0.4, -0.2) is 22.4 Å². The molecule has 0 saturated carbocycles. The second-order valence-electron chi connectivity index (χ2n) is 6.52. The van der Waals surface area contributed by atoms with Crippen LogP contribution in [0.3, 0.4) is 0 Å². The SMILES string of the molecule is CCCCNc1nc(N)nc2cccc(C(=O)NC(C)c3ccccc3)c12. The minimum atomic E-state index is -0.163. The number of benzene rings is 2. The molecule has 0 spiro atoms. The van der Waals surface area contributed by atoms with Gasteiger partial charge in [-0.15, -0.1) is 0 Å². The summed E-state index contributed by atoms with van der Waals surface area (Å²) in [5, 5.41) is 7.05. The minimum Gasteiger partial charge on any atom is -0.369 e. The number of aromatic nitrogens is 2. The van der Waals surface area contributed by atoms with Crippen molar-refractivity contribution in [1.29, 1.82) is 0 Å². The molecule has 1 atom stereocenters. The van der Waals surface area contributed by atoms with Gasteiger partial charge >= 0.3 is 0 Å². The smallest absolute Gasteiger partial charge is 0.252 e. The molecule has 3 aromatic rings. The second-order valence-corrected chi connectivity index (χ2v) is 6.52. The summed E-state index contributed by atoms with van der Waals surface area (Å²) in [6, 6.07) is 15.2. The van der Waals surface area contributed by atoms with Crippen molar-refractivity contribution in [2.75, 3.05) is 17.6 Å². The number of unbranched alkanes of at least 4 members (excludes halogenated alkanes) is 1. The predicted octanol–water partition coefficient (Wildman–Crippen LogP) is 3.92. The van der Waals surface area contributed by atoms with Crippen molar-refractivity contribution in [3.8, 4) is 0 Å². The molecule has 0 aliphatic carbocycles. The molecular formula is C21H25N5O. The maximum atomic E-state index is 13.0. The standard InChI is InChI=1S/C21H25N5O/c1-3-4-13-23-19-18-16(11-8-12-17(18)25-21(22)26-19)20(27)24-14(2)15-9-6-5-7-10-15/h5-12,14H,3-4,13H2,1-2H3,(H,24,27)(H3,22,23,25,26). The number of nitrogens with zero attached hydrogens (tertiary/aromatic N) is 2. The van der Waals surface area contributed by atoms with Crippen molar-refractivity contribution < 1.29 is 4.79 Å². The van der Waals surface area contributed by atoms with Crippen LogP contribution in [0.15, 0.2) is 48.5 Å². The zero-order valence-electron chi connectivity index (χ0n) is 15.7. The van der Waals surface area contributed by atoms with E-state index in [0.29, 0.717) is 22.3 Å². The lowest BCUT2D eigenvalue weighted by molar-refractivity contribution is 0.0941. The molecule has 4 N–H and O–H groups in total. The number of amides is 1. The fraction of sp³-hybridized carbons (Fsp3) is 0.286. The minimum absolute atomic E-state index is 0.111. The Balaban J connectivity index is 1.94. The maximum Gasteiger partial charge on any atom is 0.252 e. The average molecular weight is 363 g/mol. The highest BCUT2D eigenvalue weighted by atomic mass is 16.1. The Hall–Kier alpha value is -3.15. The fourth-order valence-corrected chi connectivity index (χ4v) is 3.00. The van der Waals surface area contributed by atoms with Gasteiger partial charge in [0.05, 0.1) is 22.5 Å². The number of carbonyl (C=O) groups excluding carboxylic acids is 1. The van der Waals surface area contributed by atoms with Gasteiger partial charge in [-0.3, -0.25) is 4.79 Å². The van der Waals surface area contributed by atoms with Crippen LogP contribution in [0.5, 0.6) is 0 Å². The van der Waals surface area contributed by atoms with Gasteiger partial charge in [0.25, 0.3) is 5.91 Å². The molecule has 0 aliphatic rings. The highest BCUT2D eigenvalue weighted by Gasteiger charge is 2.18. The van der Waals surface area contributed by atoms with Crippen molar-refractivity contribution in [1.82, 2.24) is 15.3 Å². The van der Waals surface area contributed by atoms with Crippen LogP contribution in [0.2, 0.25) is 0 Å². The van der Waals surface area contributed by atoms with Gasteiger partial charge in [0.15, 0.2) is 0 Å². The fourth-order valence-electron chi connectivity index (χ4n) is 3.00. The molecule has 1 aromatic heterocycles. The Labute approximate surface area is 159 Å². The van der Waals surface area contributed by atoms with Gasteiger partial charge in [0.2, 0.25) is 5.95 Å². The number of rotatable bonds is 7. The van der Waals surface area contributed by atoms with E-state index < -0.39 is 0 Å². The molecule has 0 aliphatic heterocycles. The largest absolute Gasteiger partial charge is 0.369 e. The first kappa shape index (κ1) is 18.6. The maximum absolute atomic E-state index is 13.0. The van der Waals surface area contributed by atoms with E-state index in [1.165, 1.54) is 0 Å². The number of fused-ring (bicyclic) bond motifs is 1. The highest BCUT2D eigenvalue weighted by Crippen LogP contribution is 2.26. The van der Waals surface area contributed by atoms with Gasteiger partial charge in [-0.25, -0.2) is 4.98 Å². The molecule has 1 amide bonds. The number of anilines is 2. The van der Waals surface area contributed by atoms with E-state index in [2.05, 4.69) is 27.5 Å². The van der Waals surface area contributed by atoms with Crippen molar-refractivity contribution in [3.05, 3.63) is 59.7 Å². The quantitative estimate of drug-likeness (QED) is 0.553. The van der Waals surface area contributed by atoms with Crippen molar-refractivity contribution in [2.24, 2.45) is 0 Å². The van der Waals surface area contributed by atoms with Crippen LogP contribution >= 0.6 is 0 Å². The zero-order valence-corrected chi connectivity index (χ0v) is 15.7. The van der Waals surface area contributed by atoms with E-state index in [9.17, 15) is 4.79 Å². The van der Waals surface area contributed by atoms with Gasteiger partial charge in [-0.1, -0.05) is 49.7 Å². The van der Waals surface area contributed by atoms with Crippen LogP contribution in [0, 0.1) is 0 Å². The molecular weight excluding hydrogens is 338 g/mol. The summed E-state index contributed by atoms with van der Waals surface area (Å²) in [5.74, 6) is 0.629. The molecule has 1 heterocycles. The summed E-state index contributed by atoms with van der Waals surface area (Å²) >= 11 is 0. The summed E-state index contributed by atoms with van der Waals surface area (Å²) in [5.41, 5.74) is 8.09. The van der Waals surface area contributed by atoms with Crippen LogP contribution in [0.25, 0.3) is 10.9 Å². The first-order chi connectivity index (χ1) is 13.1. The third-order valence-corrected chi connectivity index (χ3v) is 4.46. The Morgan fingerprint density at radius 1 is 1.11 bits per heavy atom. The van der Waals surface area contributed by atoms with Gasteiger partial charge in [0, 0.05) is 6.54 Å². The number of nitrogens with one attached hydrogen (secondary N) is 2. The van der Waals surface area contributed by atoms with Crippen molar-refractivity contribution in [2.45, 2.75) is 32.7 Å². The number of carbonyl (C=O) groups is 1. The Morgan fingerprint density at radius 3 is 2.63 bits per heavy atom. The summed E-state index contributed by atoms with van der Waals surface area (Å²) < 4.78 is 0. The summed E-state index contributed by atoms with van der Waals surface area (Å²) in [6.07, 6.45) is 2.07. The Morgan fingerprint density at radius 2 is 1.89 bits per heavy atom. The number of nitrogens with two attached hydrogens (primary N) is 1. The second kappa shape index (κ2) is 8.49. The molecule has 6 heteroatoms. The summed E-state index contributed by atoms with van der Waals surface area (Å²) in [6.45, 7) is 4.85. The van der Waals surface area contributed by atoms with E-state index >= 15 is 0 Å². The zero-order chi connectivity index (χ0) is 19.2. The predicted molar refractivity (Wildman–Crippen MR) is 110 cm³/mol. The molecule has 140 valence electrons. The van der Waals surface area contributed by atoms with E-state index in [-0.39, 0.29) is 17.9 Å². The number of hydrogen-bond acceptors (Lipinski definition) is 5. The third kappa shape index (κ3) is 4.34. The highest BCUT2D eigenvalue weighted by molar-refractivity contribution is 6.10. The van der Waals surface area contributed by atoms with E-state index in [1.54, 1.807) is 6.07 Å².